The zero-order valence-corrected chi connectivity index (χ0v) is 12.4. The second-order valence-corrected chi connectivity index (χ2v) is 6.24. The third-order valence-corrected chi connectivity index (χ3v) is 4.63. The van der Waals surface area contributed by atoms with Crippen molar-refractivity contribution in [1.82, 2.24) is 4.90 Å². The molecule has 5 heteroatoms. The number of likely N-dealkylation sites (tertiary alicyclic amines) is 1. The van der Waals surface area contributed by atoms with Crippen molar-refractivity contribution in [2.75, 3.05) is 6.54 Å². The number of amides is 1. The molecular weight excluding hydrogens is 270 g/mol. The quantitative estimate of drug-likeness (QED) is 0.905. The normalized spacial score (nSPS) is 31.7. The second-order valence-electron chi connectivity index (χ2n) is 6.24. The van der Waals surface area contributed by atoms with Crippen molar-refractivity contribution in [1.29, 1.82) is 0 Å². The molecule has 4 unspecified atom stereocenters. The average molecular weight is 291 g/mol. The summed E-state index contributed by atoms with van der Waals surface area (Å²) in [6, 6.07) is 3.33. The molecule has 0 aromatic carbocycles. The molecule has 0 radical (unpaired) electrons. The van der Waals surface area contributed by atoms with Gasteiger partial charge in [-0.2, -0.15) is 0 Å². The predicted molar refractivity (Wildman–Crippen MR) is 75.7 cm³/mol. The smallest absolute Gasteiger partial charge is 0.309 e. The summed E-state index contributed by atoms with van der Waals surface area (Å²) in [7, 11) is 0. The summed E-state index contributed by atoms with van der Waals surface area (Å²) in [5.41, 5.74) is 0. The molecule has 1 aromatic rings. The van der Waals surface area contributed by atoms with Crippen molar-refractivity contribution in [3.63, 3.8) is 0 Å². The van der Waals surface area contributed by atoms with E-state index in [-0.39, 0.29) is 12.3 Å². The van der Waals surface area contributed by atoms with Gasteiger partial charge >= 0.3 is 5.97 Å². The van der Waals surface area contributed by atoms with E-state index in [1.807, 2.05) is 19.1 Å². The van der Waals surface area contributed by atoms with Crippen molar-refractivity contribution in [3.05, 3.63) is 23.7 Å². The van der Waals surface area contributed by atoms with E-state index in [9.17, 15) is 14.7 Å². The molecule has 1 aliphatic heterocycles. The molecule has 0 bridgehead atoms. The Labute approximate surface area is 123 Å². The predicted octanol–water partition coefficient (Wildman–Crippen LogP) is 2.79. The van der Waals surface area contributed by atoms with Crippen molar-refractivity contribution in [2.24, 2.45) is 11.8 Å². The maximum atomic E-state index is 12.1. The molecule has 5 nitrogen and oxygen atoms in total. The van der Waals surface area contributed by atoms with E-state index in [1.165, 1.54) is 0 Å². The average Bonchev–Trinajstić information content (AvgIpc) is 2.87. The summed E-state index contributed by atoms with van der Waals surface area (Å²) in [5.74, 6) is 0.916. The summed E-state index contributed by atoms with van der Waals surface area (Å²) >= 11 is 0. The summed E-state index contributed by atoms with van der Waals surface area (Å²) in [4.78, 5) is 25.2. The van der Waals surface area contributed by atoms with Gasteiger partial charge in [-0.15, -0.1) is 0 Å². The second kappa shape index (κ2) is 5.20. The highest BCUT2D eigenvalue weighted by Gasteiger charge is 2.46. The van der Waals surface area contributed by atoms with Crippen LogP contribution in [0.2, 0.25) is 0 Å². The number of carboxylic acids is 1. The Morgan fingerprint density at radius 2 is 2.10 bits per heavy atom. The van der Waals surface area contributed by atoms with E-state index in [4.69, 9.17) is 4.42 Å². The SMILES string of the molecule is CCCN1C(=O)CC(C(=O)O)C1c1ccc(C2CC2C)o1. The molecule has 1 N–H and O–H groups in total. The lowest BCUT2D eigenvalue weighted by Crippen LogP contribution is -2.31. The Hall–Kier alpha value is -1.78. The van der Waals surface area contributed by atoms with Crippen molar-refractivity contribution < 1.29 is 19.1 Å². The molecular formula is C16H21NO4. The fraction of sp³-hybridized carbons (Fsp3) is 0.625. The molecule has 1 amide bonds. The molecule has 1 saturated carbocycles. The van der Waals surface area contributed by atoms with Gasteiger partial charge in [0.15, 0.2) is 0 Å². The Morgan fingerprint density at radius 1 is 1.43 bits per heavy atom. The maximum Gasteiger partial charge on any atom is 0.309 e. The van der Waals surface area contributed by atoms with Gasteiger partial charge in [-0.1, -0.05) is 13.8 Å². The Balaban J connectivity index is 1.89. The number of hydrogen-bond donors (Lipinski definition) is 1. The van der Waals surface area contributed by atoms with Crippen LogP contribution in [-0.4, -0.2) is 28.4 Å². The van der Waals surface area contributed by atoms with E-state index in [2.05, 4.69) is 6.92 Å². The number of furan rings is 1. The van der Waals surface area contributed by atoms with Crippen LogP contribution in [0.4, 0.5) is 0 Å². The lowest BCUT2D eigenvalue weighted by atomic mass is 9.98. The first kappa shape index (κ1) is 14.2. The molecule has 1 aromatic heterocycles. The lowest BCUT2D eigenvalue weighted by molar-refractivity contribution is -0.143. The maximum absolute atomic E-state index is 12.1. The Bertz CT molecular complexity index is 564. The number of hydrogen-bond acceptors (Lipinski definition) is 3. The number of carbonyl (C=O) groups is 2. The monoisotopic (exact) mass is 291 g/mol. The zero-order valence-electron chi connectivity index (χ0n) is 12.4. The first-order valence-electron chi connectivity index (χ1n) is 7.64. The van der Waals surface area contributed by atoms with Crippen molar-refractivity contribution in [3.8, 4) is 0 Å². The highest BCUT2D eigenvalue weighted by Crippen LogP contribution is 2.49. The lowest BCUT2D eigenvalue weighted by Gasteiger charge is -2.24. The minimum Gasteiger partial charge on any atom is -0.481 e. The molecule has 2 aliphatic rings. The molecule has 2 heterocycles. The van der Waals surface area contributed by atoms with E-state index in [0.717, 1.165) is 18.6 Å². The van der Waals surface area contributed by atoms with Crippen LogP contribution in [0, 0.1) is 11.8 Å². The highest BCUT2D eigenvalue weighted by molar-refractivity contribution is 5.87. The van der Waals surface area contributed by atoms with E-state index in [0.29, 0.717) is 24.1 Å². The van der Waals surface area contributed by atoms with Crippen molar-refractivity contribution in [2.45, 2.75) is 45.1 Å². The van der Waals surface area contributed by atoms with Gasteiger partial charge in [-0.25, -0.2) is 0 Å². The summed E-state index contributed by atoms with van der Waals surface area (Å²) in [5, 5.41) is 9.40. The van der Waals surface area contributed by atoms with Gasteiger partial charge in [0.25, 0.3) is 0 Å². The Morgan fingerprint density at radius 3 is 2.67 bits per heavy atom. The van der Waals surface area contributed by atoms with Crippen LogP contribution in [-0.2, 0) is 9.59 Å². The summed E-state index contributed by atoms with van der Waals surface area (Å²) in [6.07, 6.45) is 2.00. The standard InChI is InChI=1S/C16H21NO4/c1-3-6-17-14(18)8-11(16(19)20)15(17)13-5-4-12(21-13)10-7-9(10)2/h4-5,9-11,15H,3,6-8H2,1-2H3,(H,19,20). The summed E-state index contributed by atoms with van der Waals surface area (Å²) < 4.78 is 5.91. The largest absolute Gasteiger partial charge is 0.481 e. The Kier molecular flexibility index (Phi) is 3.51. The van der Waals surface area contributed by atoms with Gasteiger partial charge in [0.1, 0.15) is 17.6 Å². The molecule has 0 spiro atoms. The van der Waals surface area contributed by atoms with Gasteiger partial charge in [0.05, 0.1) is 5.92 Å². The zero-order chi connectivity index (χ0) is 15.1. The van der Waals surface area contributed by atoms with Gasteiger partial charge in [0.2, 0.25) is 5.91 Å². The van der Waals surface area contributed by atoms with Gasteiger partial charge in [-0.05, 0) is 30.9 Å². The number of nitrogens with zero attached hydrogens (tertiary/aromatic N) is 1. The minimum absolute atomic E-state index is 0.0653. The van der Waals surface area contributed by atoms with Gasteiger partial charge in [-0.3, -0.25) is 9.59 Å². The van der Waals surface area contributed by atoms with Gasteiger partial charge in [0, 0.05) is 18.9 Å². The highest BCUT2D eigenvalue weighted by atomic mass is 16.4. The number of rotatable bonds is 5. The topological polar surface area (TPSA) is 70.8 Å². The number of carboxylic acid groups (broad SMARTS) is 1. The third kappa shape index (κ3) is 2.45. The van der Waals surface area contributed by atoms with Crippen LogP contribution < -0.4 is 0 Å². The molecule has 1 saturated heterocycles. The number of carbonyl (C=O) groups excluding carboxylic acids is 1. The minimum atomic E-state index is -0.926. The van der Waals surface area contributed by atoms with Crippen LogP contribution in [0.15, 0.2) is 16.5 Å². The fourth-order valence-electron chi connectivity index (χ4n) is 3.31. The van der Waals surface area contributed by atoms with Gasteiger partial charge < -0.3 is 14.4 Å². The van der Waals surface area contributed by atoms with Crippen LogP contribution >= 0.6 is 0 Å². The molecule has 2 fully saturated rings. The molecule has 114 valence electrons. The molecule has 21 heavy (non-hydrogen) atoms. The van der Waals surface area contributed by atoms with Crippen LogP contribution in [0.1, 0.15) is 56.6 Å². The summed E-state index contributed by atoms with van der Waals surface area (Å²) in [6.45, 7) is 4.73. The molecule has 4 atom stereocenters. The molecule has 1 aliphatic carbocycles. The molecule has 3 rings (SSSR count). The van der Waals surface area contributed by atoms with Crippen molar-refractivity contribution >= 4 is 11.9 Å². The van der Waals surface area contributed by atoms with E-state index < -0.39 is 17.9 Å². The first-order chi connectivity index (χ1) is 10.0. The first-order valence-corrected chi connectivity index (χ1v) is 7.64. The van der Waals surface area contributed by atoms with Crippen LogP contribution in [0.25, 0.3) is 0 Å². The van der Waals surface area contributed by atoms with E-state index in [1.54, 1.807) is 4.90 Å². The fourth-order valence-corrected chi connectivity index (χ4v) is 3.31. The third-order valence-electron chi connectivity index (χ3n) is 4.63. The van der Waals surface area contributed by atoms with Crippen LogP contribution in [0.5, 0.6) is 0 Å². The van der Waals surface area contributed by atoms with Crippen LogP contribution in [0.3, 0.4) is 0 Å². The van der Waals surface area contributed by atoms with E-state index >= 15 is 0 Å². The number of aliphatic carboxylic acids is 1.